The van der Waals surface area contributed by atoms with E-state index in [1.165, 1.54) is 0 Å². The number of thioether (sulfide) groups is 1. The van der Waals surface area contributed by atoms with Gasteiger partial charge in [-0.25, -0.2) is 0 Å². The molecule has 1 heterocycles. The number of hydrogen-bond donors (Lipinski definition) is 1. The van der Waals surface area contributed by atoms with Crippen molar-refractivity contribution < 1.29 is 9.90 Å². The Kier molecular flexibility index (Phi) is 2.77. The Bertz CT molecular complexity index is 516. The van der Waals surface area contributed by atoms with Crippen molar-refractivity contribution in [2.75, 3.05) is 0 Å². The van der Waals surface area contributed by atoms with E-state index in [9.17, 15) is 9.90 Å². The van der Waals surface area contributed by atoms with Gasteiger partial charge in [0.05, 0.1) is 0 Å². The number of hydrogen-bond acceptors (Lipinski definition) is 3. The van der Waals surface area contributed by atoms with Crippen LogP contribution in [-0.4, -0.2) is 15.6 Å². The first-order valence-corrected chi connectivity index (χ1v) is 6.61. The number of fused-ring (bicyclic) bond motifs is 1. The fraction of sp³-hybridized carbons (Fsp3) is 0.500. The molecule has 1 aliphatic rings. The van der Waals surface area contributed by atoms with Crippen LogP contribution in [0.1, 0.15) is 47.3 Å². The van der Waals surface area contributed by atoms with Crippen LogP contribution in [0.2, 0.25) is 0 Å². The van der Waals surface area contributed by atoms with E-state index in [4.69, 9.17) is 0 Å². The molecule has 2 rings (SSSR count). The summed E-state index contributed by atoms with van der Waals surface area (Å²) in [6.07, 6.45) is 0.535. The lowest BCUT2D eigenvalue weighted by Gasteiger charge is -2.32. The Hall–Kier alpha value is -0.960. The monoisotopic (exact) mass is 250 g/mol. The van der Waals surface area contributed by atoms with Gasteiger partial charge in [0.25, 0.3) is 0 Å². The van der Waals surface area contributed by atoms with E-state index < -0.39 is 0 Å². The predicted molar refractivity (Wildman–Crippen MR) is 71.2 cm³/mol. The summed E-state index contributed by atoms with van der Waals surface area (Å²) in [7, 11) is 0. The summed E-state index contributed by atoms with van der Waals surface area (Å²) in [4.78, 5) is 13.3. The van der Waals surface area contributed by atoms with E-state index in [0.717, 1.165) is 27.1 Å². The molecule has 0 atom stereocenters. The SMILES string of the molecule is Cc1c(C)c2c(c(C)c1O)C(=O)CC(C)(C)S2. The molecule has 0 saturated heterocycles. The molecule has 0 radical (unpaired) electrons. The number of Topliss-reactive ketones (excluding diaryl/α,β-unsaturated/α-hetero) is 1. The molecule has 0 bridgehead atoms. The van der Waals surface area contributed by atoms with Gasteiger partial charge in [0.2, 0.25) is 0 Å². The number of carbonyl (C=O) groups is 1. The zero-order valence-electron chi connectivity index (χ0n) is 11.0. The van der Waals surface area contributed by atoms with Crippen LogP contribution < -0.4 is 0 Å². The van der Waals surface area contributed by atoms with Crippen LogP contribution >= 0.6 is 11.8 Å². The van der Waals surface area contributed by atoms with Crippen molar-refractivity contribution in [2.45, 2.75) is 50.7 Å². The highest BCUT2D eigenvalue weighted by Crippen LogP contribution is 2.48. The van der Waals surface area contributed by atoms with Crippen molar-refractivity contribution in [2.24, 2.45) is 0 Å². The summed E-state index contributed by atoms with van der Waals surface area (Å²) in [5, 5.41) is 10.0. The summed E-state index contributed by atoms with van der Waals surface area (Å²) in [6.45, 7) is 9.90. The third kappa shape index (κ3) is 1.86. The lowest BCUT2D eigenvalue weighted by atomic mass is 9.92. The fourth-order valence-electron chi connectivity index (χ4n) is 2.36. The van der Waals surface area contributed by atoms with Gasteiger partial charge in [0.15, 0.2) is 5.78 Å². The molecule has 2 nitrogen and oxygen atoms in total. The first-order valence-electron chi connectivity index (χ1n) is 5.79. The number of phenolic OH excluding ortho intramolecular Hbond substituents is 1. The van der Waals surface area contributed by atoms with Crippen molar-refractivity contribution in [1.82, 2.24) is 0 Å². The molecule has 1 aromatic rings. The molecule has 0 saturated carbocycles. The number of carbonyl (C=O) groups excluding carboxylic acids is 1. The van der Waals surface area contributed by atoms with Crippen LogP contribution in [-0.2, 0) is 0 Å². The van der Waals surface area contributed by atoms with E-state index in [1.807, 2.05) is 20.8 Å². The van der Waals surface area contributed by atoms with Crippen molar-refractivity contribution in [3.8, 4) is 5.75 Å². The molecule has 3 heteroatoms. The number of aromatic hydroxyl groups is 1. The van der Waals surface area contributed by atoms with Gasteiger partial charge in [-0.15, -0.1) is 11.8 Å². The van der Waals surface area contributed by atoms with Gasteiger partial charge >= 0.3 is 0 Å². The molecule has 92 valence electrons. The molecule has 0 spiro atoms. The molecule has 0 fully saturated rings. The van der Waals surface area contributed by atoms with Crippen LogP contribution in [0.5, 0.6) is 5.75 Å². The van der Waals surface area contributed by atoms with Crippen LogP contribution in [0.4, 0.5) is 0 Å². The van der Waals surface area contributed by atoms with E-state index in [-0.39, 0.29) is 16.3 Å². The second kappa shape index (κ2) is 3.77. The molecule has 1 N–H and O–H groups in total. The van der Waals surface area contributed by atoms with Crippen LogP contribution in [0, 0.1) is 20.8 Å². The fourth-order valence-corrected chi connectivity index (χ4v) is 3.79. The molecule has 0 aromatic heterocycles. The normalized spacial score (nSPS) is 18.1. The average molecular weight is 250 g/mol. The van der Waals surface area contributed by atoms with Gasteiger partial charge in [-0.2, -0.15) is 0 Å². The second-order valence-electron chi connectivity index (χ2n) is 5.39. The number of rotatable bonds is 0. The Balaban J connectivity index is 2.77. The van der Waals surface area contributed by atoms with E-state index in [0.29, 0.717) is 6.42 Å². The van der Waals surface area contributed by atoms with Gasteiger partial charge in [-0.3, -0.25) is 4.79 Å². The quantitative estimate of drug-likeness (QED) is 0.761. The van der Waals surface area contributed by atoms with Crippen molar-refractivity contribution in [3.63, 3.8) is 0 Å². The minimum absolute atomic E-state index is 0.0509. The lowest BCUT2D eigenvalue weighted by molar-refractivity contribution is 0.0966. The van der Waals surface area contributed by atoms with Crippen LogP contribution in [0.25, 0.3) is 0 Å². The number of benzene rings is 1. The molecule has 0 aliphatic carbocycles. The van der Waals surface area contributed by atoms with Gasteiger partial charge < -0.3 is 5.11 Å². The Morgan fingerprint density at radius 1 is 1.12 bits per heavy atom. The van der Waals surface area contributed by atoms with Crippen LogP contribution in [0.15, 0.2) is 4.90 Å². The van der Waals surface area contributed by atoms with E-state index >= 15 is 0 Å². The van der Waals surface area contributed by atoms with Crippen molar-refractivity contribution in [3.05, 3.63) is 22.3 Å². The molecule has 1 aliphatic heterocycles. The van der Waals surface area contributed by atoms with Crippen molar-refractivity contribution >= 4 is 17.5 Å². The smallest absolute Gasteiger partial charge is 0.165 e. The van der Waals surface area contributed by atoms with Gasteiger partial charge in [-0.05, 0) is 45.7 Å². The zero-order chi connectivity index (χ0) is 13.0. The maximum atomic E-state index is 12.2. The number of phenols is 1. The van der Waals surface area contributed by atoms with E-state index in [2.05, 4.69) is 13.8 Å². The summed E-state index contributed by atoms with van der Waals surface area (Å²) in [5.41, 5.74) is 3.39. The minimum atomic E-state index is -0.0509. The molecule has 0 amide bonds. The summed E-state index contributed by atoms with van der Waals surface area (Å²) >= 11 is 1.75. The van der Waals surface area contributed by atoms with E-state index in [1.54, 1.807) is 11.8 Å². The van der Waals surface area contributed by atoms with Gasteiger partial charge in [-0.1, -0.05) is 0 Å². The molecular formula is C14H18O2S. The summed E-state index contributed by atoms with van der Waals surface area (Å²) in [6, 6.07) is 0. The highest BCUT2D eigenvalue weighted by atomic mass is 32.2. The topological polar surface area (TPSA) is 37.3 Å². The Labute approximate surface area is 106 Å². The highest BCUT2D eigenvalue weighted by Gasteiger charge is 2.35. The minimum Gasteiger partial charge on any atom is -0.507 e. The van der Waals surface area contributed by atoms with Crippen LogP contribution in [0.3, 0.4) is 0 Å². The molecule has 1 aromatic carbocycles. The molecule has 0 unspecified atom stereocenters. The lowest BCUT2D eigenvalue weighted by Crippen LogP contribution is -2.26. The maximum Gasteiger partial charge on any atom is 0.165 e. The molecular weight excluding hydrogens is 232 g/mol. The van der Waals surface area contributed by atoms with Gasteiger partial charge in [0, 0.05) is 27.2 Å². The molecule has 17 heavy (non-hydrogen) atoms. The van der Waals surface area contributed by atoms with Crippen molar-refractivity contribution in [1.29, 1.82) is 0 Å². The predicted octanol–water partition coefficient (Wildman–Crippen LogP) is 3.77. The third-order valence-corrected chi connectivity index (χ3v) is 4.87. The van der Waals surface area contributed by atoms with Gasteiger partial charge in [0.1, 0.15) is 5.75 Å². The summed E-state index contributed by atoms with van der Waals surface area (Å²) in [5.74, 6) is 0.426. The zero-order valence-corrected chi connectivity index (χ0v) is 11.8. The summed E-state index contributed by atoms with van der Waals surface area (Å²) < 4.78 is -0.0509. The first-order chi connectivity index (χ1) is 7.74. The standard InChI is InChI=1S/C14H18O2S/c1-7-8(2)13-11(9(3)12(7)16)10(15)6-14(4,5)17-13/h16H,6H2,1-5H3. The highest BCUT2D eigenvalue weighted by molar-refractivity contribution is 8.00. The Morgan fingerprint density at radius 2 is 1.71 bits per heavy atom. The second-order valence-corrected chi connectivity index (χ2v) is 7.11. The Morgan fingerprint density at radius 3 is 2.29 bits per heavy atom. The average Bonchev–Trinajstić information content (AvgIpc) is 2.21. The number of ketones is 1. The first kappa shape index (κ1) is 12.5. The largest absolute Gasteiger partial charge is 0.507 e. The third-order valence-electron chi connectivity index (χ3n) is 3.46. The maximum absolute atomic E-state index is 12.2.